The van der Waals surface area contributed by atoms with E-state index in [2.05, 4.69) is 9.71 Å². The molecule has 168 valence electrons. The van der Waals surface area contributed by atoms with Crippen LogP contribution in [-0.4, -0.2) is 20.0 Å². The van der Waals surface area contributed by atoms with Gasteiger partial charge in [-0.2, -0.15) is 17.6 Å². The largest absolute Gasteiger partial charge is 0.493 e. The molecule has 3 aromatic rings. The summed E-state index contributed by atoms with van der Waals surface area (Å²) in [6.07, 6.45) is -4.06. The Morgan fingerprint density at radius 3 is 2.50 bits per heavy atom. The summed E-state index contributed by atoms with van der Waals surface area (Å²) in [5, 5.41) is -0.0341. The molecule has 1 N–H and O–H groups in total. The second-order valence-electron chi connectivity index (χ2n) is 7.07. The van der Waals surface area contributed by atoms with E-state index in [9.17, 15) is 26.0 Å². The highest BCUT2D eigenvalue weighted by molar-refractivity contribution is 7.92. The van der Waals surface area contributed by atoms with Crippen molar-refractivity contribution < 1.29 is 30.7 Å². The van der Waals surface area contributed by atoms with Gasteiger partial charge < -0.3 is 4.74 Å². The summed E-state index contributed by atoms with van der Waals surface area (Å²) < 4.78 is 85.3. The normalized spacial score (nSPS) is 16.2. The second kappa shape index (κ2) is 8.25. The highest BCUT2D eigenvalue weighted by Gasteiger charge is 2.33. The molecular formula is C21H15ClF4N2O3S. The van der Waals surface area contributed by atoms with Crippen LogP contribution < -0.4 is 9.46 Å². The van der Waals surface area contributed by atoms with Gasteiger partial charge in [-0.25, -0.2) is 13.4 Å². The molecular weight excluding hydrogens is 472 g/mol. The van der Waals surface area contributed by atoms with Gasteiger partial charge in [0, 0.05) is 22.6 Å². The van der Waals surface area contributed by atoms with Crippen LogP contribution in [0, 0.1) is 5.95 Å². The van der Waals surface area contributed by atoms with Crippen molar-refractivity contribution in [2.75, 3.05) is 11.3 Å². The van der Waals surface area contributed by atoms with E-state index >= 15 is 0 Å². The Morgan fingerprint density at radius 2 is 1.81 bits per heavy atom. The zero-order valence-corrected chi connectivity index (χ0v) is 17.7. The monoisotopic (exact) mass is 486 g/mol. The minimum absolute atomic E-state index is 0.0341. The van der Waals surface area contributed by atoms with Crippen LogP contribution >= 0.6 is 11.6 Å². The Morgan fingerprint density at radius 1 is 1.06 bits per heavy atom. The third-order valence-electron chi connectivity index (χ3n) is 4.99. The molecule has 2 aromatic carbocycles. The van der Waals surface area contributed by atoms with E-state index in [0.717, 1.165) is 18.2 Å². The van der Waals surface area contributed by atoms with Gasteiger partial charge in [0.1, 0.15) is 11.6 Å². The number of fused-ring (bicyclic) bond motifs is 1. The number of benzene rings is 2. The van der Waals surface area contributed by atoms with Crippen molar-refractivity contribution in [1.82, 2.24) is 4.98 Å². The van der Waals surface area contributed by atoms with Gasteiger partial charge in [-0.15, -0.1) is 0 Å². The Bertz CT molecular complexity index is 1280. The zero-order chi connectivity index (χ0) is 23.1. The number of pyridine rings is 1. The number of sulfonamides is 1. The summed E-state index contributed by atoms with van der Waals surface area (Å²) in [7, 11) is -4.09. The maximum atomic E-state index is 13.3. The highest BCUT2D eigenvalue weighted by atomic mass is 35.5. The van der Waals surface area contributed by atoms with Crippen molar-refractivity contribution in [3.8, 4) is 5.75 Å². The molecule has 0 saturated heterocycles. The molecule has 2 heterocycles. The molecule has 0 spiro atoms. The van der Waals surface area contributed by atoms with Gasteiger partial charge in [-0.3, -0.25) is 4.72 Å². The molecule has 0 radical (unpaired) electrons. The van der Waals surface area contributed by atoms with Crippen molar-refractivity contribution in [1.29, 1.82) is 0 Å². The van der Waals surface area contributed by atoms with E-state index in [0.29, 0.717) is 17.5 Å². The molecule has 11 heteroatoms. The van der Waals surface area contributed by atoms with Crippen LogP contribution in [0.15, 0.2) is 59.5 Å². The number of hydrogen-bond acceptors (Lipinski definition) is 4. The quantitative estimate of drug-likeness (QED) is 0.384. The average molecular weight is 487 g/mol. The smallest absolute Gasteiger partial charge is 0.416 e. The van der Waals surface area contributed by atoms with Crippen molar-refractivity contribution in [2.24, 2.45) is 0 Å². The fourth-order valence-corrected chi connectivity index (χ4v) is 4.84. The Hall–Kier alpha value is -2.85. The topological polar surface area (TPSA) is 68.3 Å². The van der Waals surface area contributed by atoms with Crippen LogP contribution in [0.4, 0.5) is 23.4 Å². The molecule has 1 aromatic heterocycles. The lowest BCUT2D eigenvalue weighted by Gasteiger charge is -2.27. The molecule has 0 aliphatic carbocycles. The molecule has 1 aliphatic heterocycles. The minimum Gasteiger partial charge on any atom is -0.493 e. The van der Waals surface area contributed by atoms with Gasteiger partial charge in [0.05, 0.1) is 17.1 Å². The number of aromatic nitrogens is 1. The minimum atomic E-state index is -4.51. The molecule has 4 rings (SSSR count). The number of hydrogen-bond donors (Lipinski definition) is 1. The average Bonchev–Trinajstić information content (AvgIpc) is 2.72. The third kappa shape index (κ3) is 4.51. The number of rotatable bonds is 4. The first kappa shape index (κ1) is 22.3. The molecule has 32 heavy (non-hydrogen) atoms. The van der Waals surface area contributed by atoms with Crippen LogP contribution in [0.2, 0.25) is 5.02 Å². The number of anilines is 1. The van der Waals surface area contributed by atoms with Crippen LogP contribution in [0.25, 0.3) is 0 Å². The lowest BCUT2D eigenvalue weighted by atomic mass is 9.86. The molecule has 0 unspecified atom stereocenters. The summed E-state index contributed by atoms with van der Waals surface area (Å²) >= 11 is 6.16. The van der Waals surface area contributed by atoms with Crippen molar-refractivity contribution in [2.45, 2.75) is 23.4 Å². The van der Waals surface area contributed by atoms with Crippen molar-refractivity contribution in [3.05, 3.63) is 82.3 Å². The van der Waals surface area contributed by atoms with E-state index in [-0.39, 0.29) is 34.0 Å². The van der Waals surface area contributed by atoms with Gasteiger partial charge in [-0.1, -0.05) is 29.8 Å². The zero-order valence-electron chi connectivity index (χ0n) is 16.2. The third-order valence-corrected chi connectivity index (χ3v) is 6.67. The first-order valence-corrected chi connectivity index (χ1v) is 11.2. The van der Waals surface area contributed by atoms with Gasteiger partial charge >= 0.3 is 6.18 Å². The Labute approximate surface area is 186 Å². The van der Waals surface area contributed by atoms with Gasteiger partial charge in [0.15, 0.2) is 0 Å². The lowest BCUT2D eigenvalue weighted by molar-refractivity contribution is -0.137. The van der Waals surface area contributed by atoms with E-state index in [1.54, 1.807) is 0 Å². The summed E-state index contributed by atoms with van der Waals surface area (Å²) in [4.78, 5) is 3.34. The summed E-state index contributed by atoms with van der Waals surface area (Å²) in [5.41, 5.74) is 0.236. The molecule has 0 saturated carbocycles. The highest BCUT2D eigenvalue weighted by Crippen LogP contribution is 2.43. The number of ether oxygens (including phenoxy) is 1. The summed E-state index contributed by atoms with van der Waals surface area (Å²) in [6.45, 7) is 0.220. The number of halogens is 5. The van der Waals surface area contributed by atoms with Crippen molar-refractivity contribution in [3.63, 3.8) is 0 Å². The fourth-order valence-electron chi connectivity index (χ4n) is 3.51. The van der Waals surface area contributed by atoms with Gasteiger partial charge in [0.25, 0.3) is 10.0 Å². The van der Waals surface area contributed by atoms with Crippen LogP contribution in [0.1, 0.15) is 29.0 Å². The number of nitrogens with zero attached hydrogens (tertiary/aromatic N) is 1. The molecule has 1 aliphatic rings. The fraction of sp³-hybridized carbons (Fsp3) is 0.190. The predicted molar refractivity (Wildman–Crippen MR) is 110 cm³/mol. The predicted octanol–water partition coefficient (Wildman–Crippen LogP) is 5.61. The molecule has 0 amide bonds. The van der Waals surface area contributed by atoms with Gasteiger partial charge in [0.2, 0.25) is 5.95 Å². The molecule has 5 nitrogen and oxygen atoms in total. The lowest BCUT2D eigenvalue weighted by Crippen LogP contribution is -2.18. The SMILES string of the molecule is O=S(=O)(Nc1cccc(F)n1)c1ccc2c(c1)OCC[C@@H]2c1ccc(C(F)(F)F)cc1Cl. The molecule has 0 bridgehead atoms. The Kier molecular flexibility index (Phi) is 5.76. The standard InChI is InChI=1S/C21H15ClF4N2O3S/c22-17-10-12(21(24,25)26)4-6-15(17)14-8-9-31-18-11-13(5-7-16(14)18)32(29,30)28-20-3-1-2-19(23)27-20/h1-7,10-11,14H,8-9H2,(H,27,28)/t14-/m1/s1. The van der Waals surface area contributed by atoms with Crippen LogP contribution in [0.5, 0.6) is 5.75 Å². The van der Waals surface area contributed by atoms with E-state index in [1.807, 2.05) is 0 Å². The molecule has 0 fully saturated rings. The van der Waals surface area contributed by atoms with Crippen LogP contribution in [0.3, 0.4) is 0 Å². The Balaban J connectivity index is 1.66. The second-order valence-corrected chi connectivity index (χ2v) is 9.16. The van der Waals surface area contributed by atoms with Crippen LogP contribution in [-0.2, 0) is 16.2 Å². The first-order valence-electron chi connectivity index (χ1n) is 9.33. The number of nitrogens with one attached hydrogen (secondary N) is 1. The first-order chi connectivity index (χ1) is 15.0. The van der Waals surface area contributed by atoms with Crippen molar-refractivity contribution >= 4 is 27.4 Å². The van der Waals surface area contributed by atoms with E-state index in [1.165, 1.54) is 36.4 Å². The van der Waals surface area contributed by atoms with E-state index in [4.69, 9.17) is 16.3 Å². The summed E-state index contributed by atoms with van der Waals surface area (Å²) in [6, 6.07) is 11.0. The summed E-state index contributed by atoms with van der Waals surface area (Å²) in [5.74, 6) is -1.12. The maximum absolute atomic E-state index is 13.3. The van der Waals surface area contributed by atoms with E-state index < -0.39 is 27.7 Å². The molecule has 1 atom stereocenters. The number of alkyl halides is 3. The van der Waals surface area contributed by atoms with Gasteiger partial charge in [-0.05, 0) is 42.3 Å². The maximum Gasteiger partial charge on any atom is 0.416 e.